The number of nitrogens with one attached hydrogen (secondary N) is 1. The first kappa shape index (κ1) is 17.2. The second-order valence-corrected chi connectivity index (χ2v) is 6.21. The summed E-state index contributed by atoms with van der Waals surface area (Å²) in [4.78, 5) is 26.2. The summed E-state index contributed by atoms with van der Waals surface area (Å²) in [5.41, 5.74) is 0.987. The van der Waals surface area contributed by atoms with Gasteiger partial charge in [0.15, 0.2) is 5.76 Å². The summed E-state index contributed by atoms with van der Waals surface area (Å²) in [5, 5.41) is 2.93. The van der Waals surface area contributed by atoms with Gasteiger partial charge >= 0.3 is 0 Å². The molecule has 0 saturated carbocycles. The average molecular weight is 344 g/mol. The van der Waals surface area contributed by atoms with Crippen LogP contribution in [0.2, 0.25) is 0 Å². The normalized spacial score (nSPS) is 15.2. The second-order valence-electron chi connectivity index (χ2n) is 6.21. The van der Waals surface area contributed by atoms with Crippen molar-refractivity contribution >= 4 is 11.8 Å². The van der Waals surface area contributed by atoms with E-state index in [-0.39, 0.29) is 23.5 Å². The third-order valence-electron chi connectivity index (χ3n) is 4.51. The fourth-order valence-corrected chi connectivity index (χ4v) is 3.03. The molecule has 1 aromatic carbocycles. The molecule has 1 N–H and O–H groups in total. The molecule has 0 aliphatic carbocycles. The summed E-state index contributed by atoms with van der Waals surface area (Å²) >= 11 is 0. The second kappa shape index (κ2) is 7.96. The summed E-state index contributed by atoms with van der Waals surface area (Å²) < 4.78 is 18.0. The highest BCUT2D eigenvalue weighted by atomic mass is 19.1. The van der Waals surface area contributed by atoms with Crippen molar-refractivity contribution in [2.75, 3.05) is 19.6 Å². The smallest absolute Gasteiger partial charge is 0.289 e. The number of rotatable bonds is 5. The van der Waals surface area contributed by atoms with E-state index in [0.717, 1.165) is 5.56 Å². The first-order valence-electron chi connectivity index (χ1n) is 8.48. The van der Waals surface area contributed by atoms with Crippen LogP contribution >= 0.6 is 0 Å². The molecule has 1 saturated heterocycles. The standard InChI is InChI=1S/C19H21FN2O3/c20-16-5-3-14(4-6-16)7-10-21-18(23)15-8-11-22(12-9-15)19(24)17-2-1-13-25-17/h1-6,13,15H,7-12H2,(H,21,23). The lowest BCUT2D eigenvalue weighted by atomic mass is 9.95. The Morgan fingerprint density at radius 2 is 1.88 bits per heavy atom. The van der Waals surface area contributed by atoms with Gasteiger partial charge in [0.1, 0.15) is 5.82 Å². The van der Waals surface area contributed by atoms with Crippen molar-refractivity contribution in [2.24, 2.45) is 5.92 Å². The third-order valence-corrected chi connectivity index (χ3v) is 4.51. The molecule has 2 aromatic rings. The number of piperidine rings is 1. The number of nitrogens with zero attached hydrogens (tertiary/aromatic N) is 1. The van der Waals surface area contributed by atoms with Crippen molar-refractivity contribution in [1.29, 1.82) is 0 Å². The number of hydrogen-bond acceptors (Lipinski definition) is 3. The van der Waals surface area contributed by atoms with Gasteiger partial charge in [-0.2, -0.15) is 0 Å². The zero-order chi connectivity index (χ0) is 17.6. The van der Waals surface area contributed by atoms with Crippen LogP contribution in [-0.4, -0.2) is 36.3 Å². The zero-order valence-electron chi connectivity index (χ0n) is 13.9. The van der Waals surface area contributed by atoms with E-state index in [0.29, 0.717) is 44.7 Å². The number of carbonyl (C=O) groups excluding carboxylic acids is 2. The van der Waals surface area contributed by atoms with Crippen molar-refractivity contribution in [2.45, 2.75) is 19.3 Å². The van der Waals surface area contributed by atoms with E-state index in [1.54, 1.807) is 29.2 Å². The molecule has 0 unspecified atom stereocenters. The highest BCUT2D eigenvalue weighted by Gasteiger charge is 2.28. The Morgan fingerprint density at radius 1 is 1.16 bits per heavy atom. The fourth-order valence-electron chi connectivity index (χ4n) is 3.03. The van der Waals surface area contributed by atoms with E-state index in [2.05, 4.69) is 5.32 Å². The summed E-state index contributed by atoms with van der Waals surface area (Å²) in [7, 11) is 0. The molecule has 2 heterocycles. The van der Waals surface area contributed by atoms with E-state index in [1.165, 1.54) is 18.4 Å². The van der Waals surface area contributed by atoms with Crippen molar-refractivity contribution in [3.05, 3.63) is 59.8 Å². The largest absolute Gasteiger partial charge is 0.459 e. The third kappa shape index (κ3) is 4.47. The van der Waals surface area contributed by atoms with E-state index < -0.39 is 0 Å². The molecule has 2 amide bonds. The topological polar surface area (TPSA) is 62.6 Å². The van der Waals surface area contributed by atoms with Gasteiger partial charge in [0.2, 0.25) is 5.91 Å². The van der Waals surface area contributed by atoms with Gasteiger partial charge in [0, 0.05) is 25.6 Å². The van der Waals surface area contributed by atoms with Gasteiger partial charge in [-0.25, -0.2) is 4.39 Å². The molecule has 0 bridgehead atoms. The lowest BCUT2D eigenvalue weighted by Crippen LogP contribution is -2.43. The number of likely N-dealkylation sites (tertiary alicyclic amines) is 1. The molecule has 1 aromatic heterocycles. The summed E-state index contributed by atoms with van der Waals surface area (Å²) in [6.45, 7) is 1.63. The first-order valence-corrected chi connectivity index (χ1v) is 8.48. The zero-order valence-corrected chi connectivity index (χ0v) is 13.9. The predicted molar refractivity (Wildman–Crippen MR) is 90.4 cm³/mol. The quantitative estimate of drug-likeness (QED) is 0.907. The van der Waals surface area contributed by atoms with Gasteiger partial charge in [-0.1, -0.05) is 12.1 Å². The molecule has 0 spiro atoms. The number of benzene rings is 1. The molecular formula is C19H21FN2O3. The Balaban J connectivity index is 1.41. The van der Waals surface area contributed by atoms with Crippen LogP contribution in [0.3, 0.4) is 0 Å². The minimum Gasteiger partial charge on any atom is -0.459 e. The van der Waals surface area contributed by atoms with Crippen LogP contribution in [0.5, 0.6) is 0 Å². The van der Waals surface area contributed by atoms with E-state index in [1.807, 2.05) is 0 Å². The van der Waals surface area contributed by atoms with Crippen LogP contribution in [-0.2, 0) is 11.2 Å². The molecule has 1 aliphatic heterocycles. The summed E-state index contributed by atoms with van der Waals surface area (Å²) in [5.74, 6) is -0.105. The number of carbonyl (C=O) groups is 2. The van der Waals surface area contributed by atoms with Crippen LogP contribution in [0.25, 0.3) is 0 Å². The van der Waals surface area contributed by atoms with Crippen LogP contribution in [0, 0.1) is 11.7 Å². The lowest BCUT2D eigenvalue weighted by molar-refractivity contribution is -0.126. The van der Waals surface area contributed by atoms with Crippen molar-refractivity contribution in [1.82, 2.24) is 10.2 Å². The number of halogens is 1. The molecule has 1 aliphatic rings. The molecule has 0 radical (unpaired) electrons. The average Bonchev–Trinajstić information content (AvgIpc) is 3.17. The molecule has 132 valence electrons. The molecular weight excluding hydrogens is 323 g/mol. The predicted octanol–water partition coefficient (Wildman–Crippen LogP) is 2.63. The van der Waals surface area contributed by atoms with Crippen LogP contribution in [0.15, 0.2) is 47.1 Å². The summed E-state index contributed by atoms with van der Waals surface area (Å²) in [6, 6.07) is 9.62. The van der Waals surface area contributed by atoms with Gasteiger partial charge in [0.05, 0.1) is 6.26 Å². The minimum atomic E-state index is -0.261. The maximum absolute atomic E-state index is 12.9. The van der Waals surface area contributed by atoms with E-state index >= 15 is 0 Å². The van der Waals surface area contributed by atoms with Crippen molar-refractivity contribution in [3.63, 3.8) is 0 Å². The molecule has 0 atom stereocenters. The van der Waals surface area contributed by atoms with Gasteiger partial charge in [-0.15, -0.1) is 0 Å². The fraction of sp³-hybridized carbons (Fsp3) is 0.368. The molecule has 1 fully saturated rings. The Morgan fingerprint density at radius 3 is 2.52 bits per heavy atom. The van der Waals surface area contributed by atoms with Gasteiger partial charge in [-0.05, 0) is 49.1 Å². The molecule has 5 nitrogen and oxygen atoms in total. The van der Waals surface area contributed by atoms with Crippen LogP contribution < -0.4 is 5.32 Å². The maximum Gasteiger partial charge on any atom is 0.289 e. The SMILES string of the molecule is O=C(NCCc1ccc(F)cc1)C1CCN(C(=O)c2ccco2)CC1. The molecule has 3 rings (SSSR count). The first-order chi connectivity index (χ1) is 12.1. The Labute approximate surface area is 145 Å². The Kier molecular flexibility index (Phi) is 5.48. The van der Waals surface area contributed by atoms with Gasteiger partial charge < -0.3 is 14.6 Å². The lowest BCUT2D eigenvalue weighted by Gasteiger charge is -2.30. The van der Waals surface area contributed by atoms with Crippen molar-refractivity contribution < 1.29 is 18.4 Å². The van der Waals surface area contributed by atoms with Crippen LogP contribution in [0.4, 0.5) is 4.39 Å². The molecule has 6 heteroatoms. The van der Waals surface area contributed by atoms with Gasteiger partial charge in [-0.3, -0.25) is 9.59 Å². The highest BCUT2D eigenvalue weighted by molar-refractivity contribution is 5.91. The highest BCUT2D eigenvalue weighted by Crippen LogP contribution is 2.19. The minimum absolute atomic E-state index is 0.0206. The Bertz CT molecular complexity index is 705. The summed E-state index contributed by atoms with van der Waals surface area (Å²) in [6.07, 6.45) is 3.44. The van der Waals surface area contributed by atoms with E-state index in [9.17, 15) is 14.0 Å². The van der Waals surface area contributed by atoms with Gasteiger partial charge in [0.25, 0.3) is 5.91 Å². The number of hydrogen-bond donors (Lipinski definition) is 1. The van der Waals surface area contributed by atoms with E-state index in [4.69, 9.17) is 4.42 Å². The maximum atomic E-state index is 12.9. The number of furan rings is 1. The van der Waals surface area contributed by atoms with Crippen molar-refractivity contribution in [3.8, 4) is 0 Å². The number of amides is 2. The Hall–Kier alpha value is -2.63. The monoisotopic (exact) mass is 344 g/mol. The molecule has 25 heavy (non-hydrogen) atoms. The van der Waals surface area contributed by atoms with Crippen LogP contribution in [0.1, 0.15) is 29.0 Å².